The molecule has 0 saturated carbocycles. The van der Waals surface area contributed by atoms with E-state index in [9.17, 15) is 9.59 Å². The molecule has 8 nitrogen and oxygen atoms in total. The maximum Gasteiger partial charge on any atom is 0.307 e. The standard InChI is InChI=1S/C28H37N5O3/c1-2-36-26(34)14-15-31-18-20-33(21-19-31)25-12-16-32(17-13-25)24-10-8-22(9-11-24)27(29)30-28(35)23-6-4-3-5-7-23/h3-11,25H,2,12-21H2,1H3,(H2,29,30,35). The van der Waals surface area contributed by atoms with Crippen molar-refractivity contribution in [2.24, 2.45) is 0 Å². The molecule has 0 aromatic heterocycles. The second-order valence-corrected chi connectivity index (χ2v) is 9.39. The lowest BCUT2D eigenvalue weighted by Crippen LogP contribution is -2.53. The molecule has 0 aliphatic carbocycles. The number of hydrogen-bond acceptors (Lipinski definition) is 7. The number of amidine groups is 1. The van der Waals surface area contributed by atoms with Gasteiger partial charge in [0.1, 0.15) is 5.84 Å². The smallest absolute Gasteiger partial charge is 0.307 e. The van der Waals surface area contributed by atoms with Gasteiger partial charge in [-0.1, -0.05) is 18.2 Å². The van der Waals surface area contributed by atoms with Gasteiger partial charge in [-0.05, 0) is 56.2 Å². The quantitative estimate of drug-likeness (QED) is 0.335. The highest BCUT2D eigenvalue weighted by Crippen LogP contribution is 2.24. The van der Waals surface area contributed by atoms with E-state index >= 15 is 0 Å². The fourth-order valence-electron chi connectivity index (χ4n) is 5.01. The second kappa shape index (κ2) is 12.6. The van der Waals surface area contributed by atoms with Crippen molar-refractivity contribution in [2.75, 3.05) is 57.3 Å². The predicted octanol–water partition coefficient (Wildman–Crippen LogP) is 2.98. The topological polar surface area (TPSA) is 89.0 Å². The summed E-state index contributed by atoms with van der Waals surface area (Å²) in [7, 11) is 0. The Labute approximate surface area is 213 Å². The van der Waals surface area contributed by atoms with E-state index in [1.54, 1.807) is 12.1 Å². The number of piperidine rings is 1. The van der Waals surface area contributed by atoms with E-state index in [1.165, 1.54) is 0 Å². The van der Waals surface area contributed by atoms with Gasteiger partial charge >= 0.3 is 5.97 Å². The monoisotopic (exact) mass is 491 g/mol. The third kappa shape index (κ3) is 6.92. The molecule has 8 heteroatoms. The van der Waals surface area contributed by atoms with Crippen LogP contribution in [0.1, 0.15) is 42.1 Å². The number of carbonyl (C=O) groups is 2. The van der Waals surface area contributed by atoms with Crippen LogP contribution in [0.4, 0.5) is 5.69 Å². The lowest BCUT2D eigenvalue weighted by Gasteiger charge is -2.43. The number of rotatable bonds is 8. The van der Waals surface area contributed by atoms with Crippen LogP contribution in [0.15, 0.2) is 54.6 Å². The van der Waals surface area contributed by atoms with E-state index in [1.807, 2.05) is 49.4 Å². The van der Waals surface area contributed by atoms with Crippen molar-refractivity contribution in [1.82, 2.24) is 15.1 Å². The van der Waals surface area contributed by atoms with Gasteiger partial charge in [0.15, 0.2) is 0 Å². The largest absolute Gasteiger partial charge is 0.466 e. The summed E-state index contributed by atoms with van der Waals surface area (Å²) >= 11 is 0. The van der Waals surface area contributed by atoms with Crippen molar-refractivity contribution >= 4 is 23.4 Å². The van der Waals surface area contributed by atoms with Gasteiger partial charge in [-0.25, -0.2) is 0 Å². The number of hydrogen-bond donors (Lipinski definition) is 2. The van der Waals surface area contributed by atoms with Crippen LogP contribution in [-0.4, -0.2) is 86.0 Å². The van der Waals surface area contributed by atoms with Gasteiger partial charge in [-0.3, -0.25) is 19.9 Å². The molecule has 2 aromatic carbocycles. The number of amides is 1. The van der Waals surface area contributed by atoms with Crippen molar-refractivity contribution in [1.29, 1.82) is 5.41 Å². The Bertz CT molecular complexity index is 1010. The van der Waals surface area contributed by atoms with E-state index < -0.39 is 0 Å². The third-order valence-corrected chi connectivity index (χ3v) is 7.12. The average molecular weight is 492 g/mol. The molecule has 0 radical (unpaired) electrons. The Kier molecular flexibility index (Phi) is 9.08. The van der Waals surface area contributed by atoms with Crippen LogP contribution in [0.25, 0.3) is 0 Å². The summed E-state index contributed by atoms with van der Waals surface area (Å²) in [5.41, 5.74) is 2.39. The molecule has 0 spiro atoms. The Balaban J connectivity index is 1.20. The number of ether oxygens (including phenoxy) is 1. The fourth-order valence-corrected chi connectivity index (χ4v) is 5.01. The normalized spacial score (nSPS) is 17.5. The zero-order valence-electron chi connectivity index (χ0n) is 21.1. The van der Waals surface area contributed by atoms with Crippen LogP contribution < -0.4 is 10.2 Å². The van der Waals surface area contributed by atoms with Gasteiger partial charge in [-0.2, -0.15) is 0 Å². The average Bonchev–Trinajstić information content (AvgIpc) is 2.93. The van der Waals surface area contributed by atoms with Gasteiger partial charge in [0, 0.05) is 68.7 Å². The van der Waals surface area contributed by atoms with E-state index in [0.29, 0.717) is 30.2 Å². The van der Waals surface area contributed by atoms with E-state index in [-0.39, 0.29) is 17.7 Å². The molecule has 2 heterocycles. The molecule has 0 atom stereocenters. The molecule has 2 aliphatic heterocycles. The van der Waals surface area contributed by atoms with E-state index in [0.717, 1.165) is 64.3 Å². The van der Waals surface area contributed by atoms with Gasteiger partial charge < -0.3 is 19.9 Å². The minimum atomic E-state index is -0.272. The van der Waals surface area contributed by atoms with Gasteiger partial charge in [0.05, 0.1) is 13.0 Å². The molecular formula is C28H37N5O3. The molecular weight excluding hydrogens is 454 g/mol. The molecule has 0 unspecified atom stereocenters. The highest BCUT2D eigenvalue weighted by atomic mass is 16.5. The molecule has 4 rings (SSSR count). The van der Waals surface area contributed by atoms with Crippen LogP contribution in [0.3, 0.4) is 0 Å². The Morgan fingerprint density at radius 1 is 0.917 bits per heavy atom. The third-order valence-electron chi connectivity index (χ3n) is 7.12. The van der Waals surface area contributed by atoms with Crippen molar-refractivity contribution < 1.29 is 14.3 Å². The number of esters is 1. The summed E-state index contributed by atoms with van der Waals surface area (Å²) in [6, 6.07) is 17.5. The number of benzene rings is 2. The minimum absolute atomic E-state index is 0.103. The second-order valence-electron chi connectivity index (χ2n) is 9.39. The molecule has 36 heavy (non-hydrogen) atoms. The summed E-state index contributed by atoms with van der Waals surface area (Å²) in [4.78, 5) is 31.3. The first-order valence-corrected chi connectivity index (χ1v) is 13.0. The molecule has 1 amide bonds. The number of anilines is 1. The van der Waals surface area contributed by atoms with E-state index in [4.69, 9.17) is 10.1 Å². The summed E-state index contributed by atoms with van der Waals surface area (Å²) in [5, 5.41) is 10.9. The van der Waals surface area contributed by atoms with Gasteiger partial charge in [0.25, 0.3) is 5.91 Å². The molecule has 192 valence electrons. The van der Waals surface area contributed by atoms with Gasteiger partial charge in [0.2, 0.25) is 0 Å². The number of nitrogens with zero attached hydrogens (tertiary/aromatic N) is 3. The fraction of sp³-hybridized carbons (Fsp3) is 0.464. The molecule has 2 saturated heterocycles. The Morgan fingerprint density at radius 2 is 1.58 bits per heavy atom. The SMILES string of the molecule is CCOC(=O)CCN1CCN(C2CCN(c3ccc(C(=N)NC(=O)c4ccccc4)cc3)CC2)CC1. The number of carbonyl (C=O) groups excluding carboxylic acids is 2. The zero-order valence-corrected chi connectivity index (χ0v) is 21.1. The lowest BCUT2D eigenvalue weighted by molar-refractivity contribution is -0.143. The minimum Gasteiger partial charge on any atom is -0.466 e. The van der Waals surface area contributed by atoms with Crippen molar-refractivity contribution in [2.45, 2.75) is 32.2 Å². The van der Waals surface area contributed by atoms with Crippen LogP contribution in [0.5, 0.6) is 0 Å². The molecule has 2 fully saturated rings. The summed E-state index contributed by atoms with van der Waals surface area (Å²) in [6.45, 7) is 9.23. The zero-order chi connectivity index (χ0) is 25.3. The van der Waals surface area contributed by atoms with Crippen LogP contribution in [0.2, 0.25) is 0 Å². The molecule has 2 aromatic rings. The summed E-state index contributed by atoms with van der Waals surface area (Å²) in [6.07, 6.45) is 2.74. The van der Waals surface area contributed by atoms with Crippen LogP contribution in [0, 0.1) is 5.41 Å². The number of nitrogens with one attached hydrogen (secondary N) is 2. The van der Waals surface area contributed by atoms with Crippen molar-refractivity contribution in [3.8, 4) is 0 Å². The number of piperazine rings is 1. The Morgan fingerprint density at radius 3 is 2.22 bits per heavy atom. The van der Waals surface area contributed by atoms with Crippen molar-refractivity contribution in [3.63, 3.8) is 0 Å². The predicted molar refractivity (Wildman–Crippen MR) is 142 cm³/mol. The summed E-state index contributed by atoms with van der Waals surface area (Å²) in [5.74, 6) is -0.267. The first-order valence-electron chi connectivity index (χ1n) is 13.0. The first kappa shape index (κ1) is 25.9. The maximum atomic E-state index is 12.3. The van der Waals surface area contributed by atoms with Crippen molar-refractivity contribution in [3.05, 3.63) is 65.7 Å². The van der Waals surface area contributed by atoms with Gasteiger partial charge in [-0.15, -0.1) is 0 Å². The molecule has 2 N–H and O–H groups in total. The summed E-state index contributed by atoms with van der Waals surface area (Å²) < 4.78 is 5.04. The first-order chi connectivity index (χ1) is 17.5. The molecule has 0 bridgehead atoms. The maximum absolute atomic E-state index is 12.3. The highest BCUT2D eigenvalue weighted by Gasteiger charge is 2.27. The van der Waals surface area contributed by atoms with Crippen LogP contribution in [-0.2, 0) is 9.53 Å². The Hall–Kier alpha value is -3.23. The molecule has 2 aliphatic rings. The van der Waals surface area contributed by atoms with E-state index in [2.05, 4.69) is 20.0 Å². The highest BCUT2D eigenvalue weighted by molar-refractivity contribution is 6.11. The lowest BCUT2D eigenvalue weighted by atomic mass is 10.0. The van der Waals surface area contributed by atoms with Crippen LogP contribution >= 0.6 is 0 Å².